The van der Waals surface area contributed by atoms with Gasteiger partial charge in [0.2, 0.25) is 0 Å². The fourth-order valence-corrected chi connectivity index (χ4v) is 2.88. The highest BCUT2D eigenvalue weighted by Crippen LogP contribution is 2.21. The van der Waals surface area contributed by atoms with Crippen molar-refractivity contribution in [3.63, 3.8) is 0 Å². The van der Waals surface area contributed by atoms with Crippen molar-refractivity contribution in [2.45, 2.75) is 24.9 Å². The molecule has 0 bridgehead atoms. The summed E-state index contributed by atoms with van der Waals surface area (Å²) in [6.07, 6.45) is 3.93. The third-order valence-corrected chi connectivity index (χ3v) is 4.39. The molecule has 0 aromatic carbocycles. The van der Waals surface area contributed by atoms with Crippen molar-refractivity contribution >= 4 is 11.8 Å². The van der Waals surface area contributed by atoms with Crippen molar-refractivity contribution in [3.8, 4) is 0 Å². The lowest BCUT2D eigenvalue weighted by Gasteiger charge is -2.34. The molecule has 1 atom stereocenters. The van der Waals surface area contributed by atoms with Gasteiger partial charge >= 0.3 is 11.8 Å². The van der Waals surface area contributed by atoms with Crippen LogP contribution >= 0.6 is 0 Å². The summed E-state index contributed by atoms with van der Waals surface area (Å²) < 4.78 is 7.46. The minimum Gasteiger partial charge on any atom is -0.379 e. The van der Waals surface area contributed by atoms with Crippen LogP contribution in [0.15, 0.2) is 18.3 Å². The Balaban J connectivity index is 1.62. The predicted molar refractivity (Wildman–Crippen MR) is 84.7 cm³/mol. The van der Waals surface area contributed by atoms with E-state index in [-0.39, 0.29) is 12.1 Å². The smallest absolute Gasteiger partial charge is 0.309 e. The molecule has 0 radical (unpaired) electrons. The molecule has 23 heavy (non-hydrogen) atoms. The summed E-state index contributed by atoms with van der Waals surface area (Å²) in [5.41, 5.74) is 1.12. The topological polar surface area (TPSA) is 75.6 Å². The predicted octanol–water partition coefficient (Wildman–Crippen LogP) is -0.207. The second-order valence-electron chi connectivity index (χ2n) is 6.17. The molecule has 2 aliphatic rings. The van der Waals surface area contributed by atoms with Crippen molar-refractivity contribution in [1.29, 1.82) is 0 Å². The zero-order valence-corrected chi connectivity index (χ0v) is 13.5. The summed E-state index contributed by atoms with van der Waals surface area (Å²) in [6.45, 7) is 3.43. The van der Waals surface area contributed by atoms with Crippen LogP contribution < -0.4 is 10.6 Å². The summed E-state index contributed by atoms with van der Waals surface area (Å²) in [5, 5.41) is 5.49. The summed E-state index contributed by atoms with van der Waals surface area (Å²) in [4.78, 5) is 26.0. The second kappa shape index (κ2) is 7.14. The number of aryl methyl sites for hydroxylation is 1. The van der Waals surface area contributed by atoms with E-state index in [2.05, 4.69) is 26.2 Å². The number of carbonyl (C=O) groups is 2. The first-order valence-corrected chi connectivity index (χ1v) is 8.17. The van der Waals surface area contributed by atoms with Gasteiger partial charge in [0.15, 0.2) is 0 Å². The quantitative estimate of drug-likeness (QED) is 0.737. The Bertz CT molecular complexity index is 561. The molecule has 126 valence electrons. The Morgan fingerprint density at radius 1 is 1.30 bits per heavy atom. The number of carbonyl (C=O) groups excluding carboxylic acids is 2. The van der Waals surface area contributed by atoms with Crippen LogP contribution in [-0.4, -0.2) is 60.2 Å². The number of amides is 2. The first-order valence-electron chi connectivity index (χ1n) is 8.17. The van der Waals surface area contributed by atoms with E-state index in [1.54, 1.807) is 0 Å². The number of hydrogen-bond donors (Lipinski definition) is 2. The highest BCUT2D eigenvalue weighted by molar-refractivity contribution is 6.35. The van der Waals surface area contributed by atoms with Crippen molar-refractivity contribution in [2.24, 2.45) is 7.05 Å². The van der Waals surface area contributed by atoms with E-state index in [1.807, 2.05) is 19.3 Å². The van der Waals surface area contributed by atoms with Gasteiger partial charge in [0.05, 0.1) is 19.3 Å². The molecule has 1 aromatic rings. The molecule has 2 N–H and O–H groups in total. The van der Waals surface area contributed by atoms with Crippen molar-refractivity contribution < 1.29 is 14.3 Å². The lowest BCUT2D eigenvalue weighted by atomic mass is 10.1. The normalized spacial score (nSPS) is 20.0. The summed E-state index contributed by atoms with van der Waals surface area (Å²) in [6, 6.07) is 4.27. The lowest BCUT2D eigenvalue weighted by Crippen LogP contribution is -2.47. The molecule has 1 aliphatic heterocycles. The highest BCUT2D eigenvalue weighted by Gasteiger charge is 2.28. The van der Waals surface area contributed by atoms with Crippen LogP contribution in [0.5, 0.6) is 0 Å². The van der Waals surface area contributed by atoms with Crippen LogP contribution in [0.3, 0.4) is 0 Å². The van der Waals surface area contributed by atoms with E-state index in [1.165, 1.54) is 0 Å². The Morgan fingerprint density at radius 2 is 2.04 bits per heavy atom. The maximum atomic E-state index is 12.0. The van der Waals surface area contributed by atoms with Crippen molar-refractivity contribution in [3.05, 3.63) is 24.0 Å². The van der Waals surface area contributed by atoms with E-state index in [0.29, 0.717) is 19.8 Å². The maximum absolute atomic E-state index is 12.0. The van der Waals surface area contributed by atoms with Crippen LogP contribution in [0.4, 0.5) is 0 Å². The third-order valence-electron chi connectivity index (χ3n) is 4.39. The summed E-state index contributed by atoms with van der Waals surface area (Å²) in [5.74, 6) is -1.08. The van der Waals surface area contributed by atoms with Crippen LogP contribution in [0, 0.1) is 0 Å². The molecule has 7 nitrogen and oxygen atoms in total. The first-order chi connectivity index (χ1) is 11.1. The third kappa shape index (κ3) is 4.11. The SMILES string of the molecule is Cn1cccc1C(CNC(=O)C(=O)NC1CC1)N1CCOCC1. The zero-order chi connectivity index (χ0) is 16.2. The minimum atomic E-state index is -0.552. The largest absolute Gasteiger partial charge is 0.379 e. The number of rotatable bonds is 5. The molecule has 1 aliphatic carbocycles. The van der Waals surface area contributed by atoms with E-state index in [9.17, 15) is 9.59 Å². The second-order valence-corrected chi connectivity index (χ2v) is 6.17. The van der Waals surface area contributed by atoms with E-state index in [4.69, 9.17) is 4.74 Å². The number of aromatic nitrogens is 1. The molecule has 0 spiro atoms. The van der Waals surface area contributed by atoms with Gasteiger partial charge in [-0.25, -0.2) is 0 Å². The fourth-order valence-electron chi connectivity index (χ4n) is 2.88. The Labute approximate surface area is 136 Å². The number of nitrogens with one attached hydrogen (secondary N) is 2. The highest BCUT2D eigenvalue weighted by atomic mass is 16.5. The number of ether oxygens (including phenoxy) is 1. The van der Waals surface area contributed by atoms with Gasteiger partial charge in [0.25, 0.3) is 0 Å². The number of morpholine rings is 1. The van der Waals surface area contributed by atoms with Crippen LogP contribution in [0.1, 0.15) is 24.6 Å². The maximum Gasteiger partial charge on any atom is 0.309 e. The van der Waals surface area contributed by atoms with Gasteiger partial charge < -0.3 is 19.9 Å². The molecule has 3 rings (SSSR count). The lowest BCUT2D eigenvalue weighted by molar-refractivity contribution is -0.139. The van der Waals surface area contributed by atoms with Gasteiger partial charge in [-0.3, -0.25) is 14.5 Å². The number of nitrogens with zero attached hydrogens (tertiary/aromatic N) is 2. The van der Waals surface area contributed by atoms with Gasteiger partial charge in [-0.15, -0.1) is 0 Å². The average Bonchev–Trinajstić information content (AvgIpc) is 3.28. The van der Waals surface area contributed by atoms with Gasteiger partial charge in [0.1, 0.15) is 0 Å². The molecular weight excluding hydrogens is 296 g/mol. The first kappa shape index (κ1) is 16.0. The van der Waals surface area contributed by atoms with E-state index in [0.717, 1.165) is 31.6 Å². The average molecular weight is 320 g/mol. The molecular formula is C16H24N4O3. The van der Waals surface area contributed by atoms with Crippen LogP contribution in [-0.2, 0) is 21.4 Å². The Hall–Kier alpha value is -1.86. The monoisotopic (exact) mass is 320 g/mol. The molecule has 2 amide bonds. The molecule has 2 heterocycles. The van der Waals surface area contributed by atoms with Gasteiger partial charge in [-0.2, -0.15) is 0 Å². The molecule has 1 saturated heterocycles. The fraction of sp³-hybridized carbons (Fsp3) is 0.625. The number of hydrogen-bond acceptors (Lipinski definition) is 4. The molecule has 2 fully saturated rings. The Kier molecular flexibility index (Phi) is 4.97. The van der Waals surface area contributed by atoms with Crippen LogP contribution in [0.2, 0.25) is 0 Å². The van der Waals surface area contributed by atoms with Gasteiger partial charge in [-0.05, 0) is 25.0 Å². The standard InChI is InChI=1S/C16H24N4O3/c1-19-6-2-3-13(19)14(20-7-9-23-10-8-20)11-17-15(21)16(22)18-12-4-5-12/h2-3,6,12,14H,4-5,7-11H2,1H3,(H,17,21)(H,18,22). The Morgan fingerprint density at radius 3 is 2.65 bits per heavy atom. The van der Waals surface area contributed by atoms with E-state index < -0.39 is 11.8 Å². The van der Waals surface area contributed by atoms with Crippen molar-refractivity contribution in [1.82, 2.24) is 20.1 Å². The summed E-state index contributed by atoms with van der Waals surface area (Å²) >= 11 is 0. The summed E-state index contributed by atoms with van der Waals surface area (Å²) in [7, 11) is 1.99. The molecule has 7 heteroatoms. The van der Waals surface area contributed by atoms with E-state index >= 15 is 0 Å². The van der Waals surface area contributed by atoms with Gasteiger partial charge in [-0.1, -0.05) is 0 Å². The van der Waals surface area contributed by atoms with Crippen LogP contribution in [0.25, 0.3) is 0 Å². The molecule has 1 saturated carbocycles. The van der Waals surface area contributed by atoms with Crippen molar-refractivity contribution in [2.75, 3.05) is 32.8 Å². The van der Waals surface area contributed by atoms with Gasteiger partial charge in [0, 0.05) is 44.6 Å². The zero-order valence-electron chi connectivity index (χ0n) is 13.5. The molecule has 1 aromatic heterocycles. The minimum absolute atomic E-state index is 0.0385. The molecule has 1 unspecified atom stereocenters.